The molecular weight excluding hydrogens is 600 g/mol. The molecule has 0 unspecified atom stereocenters. The highest BCUT2D eigenvalue weighted by Gasteiger charge is 2.23. The molecule has 4 aromatic heterocycles. The molecule has 0 saturated heterocycles. The number of halogens is 2. The molecule has 0 aliphatic heterocycles. The summed E-state index contributed by atoms with van der Waals surface area (Å²) in [5.41, 5.74) is -0.860. The van der Waals surface area contributed by atoms with Crippen LogP contribution in [0.1, 0.15) is 41.5 Å². The van der Waals surface area contributed by atoms with Gasteiger partial charge in [-0.3, -0.25) is 39.8 Å². The lowest BCUT2D eigenvalue weighted by atomic mass is 9.96. The van der Waals surface area contributed by atoms with Crippen LogP contribution in [-0.4, -0.2) is 41.7 Å². The monoisotopic (exact) mass is 624 g/mol. The van der Waals surface area contributed by atoms with Crippen LogP contribution >= 0.6 is 31.9 Å². The molecule has 0 saturated carbocycles. The molecule has 4 rings (SSSR count). The zero-order valence-corrected chi connectivity index (χ0v) is 23.6. The number of aromatic amines is 4. The predicted molar refractivity (Wildman–Crippen MR) is 145 cm³/mol. The van der Waals surface area contributed by atoms with Gasteiger partial charge in [-0.25, -0.2) is 0 Å². The molecule has 0 bridgehead atoms. The van der Waals surface area contributed by atoms with Crippen molar-refractivity contribution in [3.05, 3.63) is 42.0 Å². The first kappa shape index (κ1) is 27.3. The third-order valence-corrected chi connectivity index (χ3v) is 5.84. The van der Waals surface area contributed by atoms with Crippen molar-refractivity contribution in [1.29, 1.82) is 0 Å². The Hall–Kier alpha value is -3.26. The second-order valence-electron chi connectivity index (χ2n) is 9.98. The maximum absolute atomic E-state index is 11.8. The van der Waals surface area contributed by atoms with Crippen LogP contribution < -0.4 is 21.8 Å². The summed E-state index contributed by atoms with van der Waals surface area (Å²) in [5, 5.41) is 6.04. The Kier molecular flexibility index (Phi) is 7.60. The zero-order chi connectivity index (χ0) is 27.0. The van der Waals surface area contributed by atoms with Gasteiger partial charge in [-0.05, 0) is 37.9 Å². The summed E-state index contributed by atoms with van der Waals surface area (Å²) < 4.78 is 1.30. The van der Waals surface area contributed by atoms with Crippen molar-refractivity contribution >= 4 is 77.6 Å². The molecule has 2 amide bonds. The van der Waals surface area contributed by atoms with Gasteiger partial charge < -0.3 is 9.97 Å². The highest BCUT2D eigenvalue weighted by atomic mass is 79.9. The molecule has 14 heteroatoms. The minimum absolute atomic E-state index is 0.141. The van der Waals surface area contributed by atoms with Crippen LogP contribution in [0.4, 0.5) is 11.9 Å². The van der Waals surface area contributed by atoms with Gasteiger partial charge in [0.1, 0.15) is 11.3 Å². The Morgan fingerprint density at radius 1 is 0.806 bits per heavy atom. The third kappa shape index (κ3) is 6.29. The number of H-pyrrole nitrogens is 4. The second kappa shape index (κ2) is 10.0. The molecular formula is C22H26Br2N8O4. The number of amides is 2. The topological polar surface area (TPSA) is 181 Å². The molecule has 4 heterocycles. The van der Waals surface area contributed by atoms with Crippen molar-refractivity contribution < 1.29 is 9.59 Å². The molecule has 6 N–H and O–H groups in total. The molecule has 0 aliphatic carbocycles. The van der Waals surface area contributed by atoms with Crippen molar-refractivity contribution in [2.24, 2.45) is 10.8 Å². The van der Waals surface area contributed by atoms with E-state index < -0.39 is 10.8 Å². The number of carbonyl (C=O) groups excluding carboxylic acids is 2. The maximum Gasteiger partial charge on any atom is 0.262 e. The molecule has 0 fully saturated rings. The lowest BCUT2D eigenvalue weighted by Gasteiger charge is -2.16. The normalized spacial score (nSPS) is 11.8. The Balaban J connectivity index is 0.000000201. The first-order chi connectivity index (χ1) is 16.6. The van der Waals surface area contributed by atoms with Crippen LogP contribution in [0.2, 0.25) is 0 Å². The quantitative estimate of drug-likeness (QED) is 0.196. The van der Waals surface area contributed by atoms with Crippen molar-refractivity contribution in [2.75, 3.05) is 10.6 Å². The van der Waals surface area contributed by atoms with Gasteiger partial charge in [-0.15, -0.1) is 0 Å². The maximum atomic E-state index is 11.8. The summed E-state index contributed by atoms with van der Waals surface area (Å²) in [5.74, 6) is -0.144. The minimum atomic E-state index is -0.552. The largest absolute Gasteiger partial charge is 0.345 e. The van der Waals surface area contributed by atoms with Gasteiger partial charge in [0.15, 0.2) is 0 Å². The highest BCUT2D eigenvalue weighted by Crippen LogP contribution is 2.20. The van der Waals surface area contributed by atoms with E-state index in [0.29, 0.717) is 31.1 Å². The second-order valence-corrected chi connectivity index (χ2v) is 11.7. The molecule has 12 nitrogen and oxygen atoms in total. The Bertz CT molecular complexity index is 1530. The van der Waals surface area contributed by atoms with Gasteiger partial charge in [0.25, 0.3) is 11.1 Å². The van der Waals surface area contributed by atoms with E-state index in [1.54, 1.807) is 53.8 Å². The van der Waals surface area contributed by atoms with E-state index in [-0.39, 0.29) is 34.8 Å². The van der Waals surface area contributed by atoms with Gasteiger partial charge in [-0.2, -0.15) is 9.97 Å². The molecule has 36 heavy (non-hydrogen) atoms. The van der Waals surface area contributed by atoms with E-state index >= 15 is 0 Å². The minimum Gasteiger partial charge on any atom is -0.345 e. The van der Waals surface area contributed by atoms with E-state index in [9.17, 15) is 19.2 Å². The van der Waals surface area contributed by atoms with E-state index in [1.165, 1.54) is 0 Å². The lowest BCUT2D eigenvalue weighted by molar-refractivity contribution is -0.123. The summed E-state index contributed by atoms with van der Waals surface area (Å²) in [4.78, 5) is 66.2. The fourth-order valence-corrected chi connectivity index (χ4v) is 3.60. The number of nitrogens with zero attached hydrogens (tertiary/aromatic N) is 2. The van der Waals surface area contributed by atoms with Gasteiger partial charge in [0, 0.05) is 17.0 Å². The SMILES string of the molecule is CC(C)(C)C(=O)Nc1nc2[nH]c(Br)cc2c(=O)[nH]1.CC(C)(C)C(=O)Nc1nc2[nH]cc(Br)c2c(=O)[nH]1. The molecule has 192 valence electrons. The molecule has 0 spiro atoms. The Morgan fingerprint density at radius 3 is 1.83 bits per heavy atom. The number of rotatable bonds is 2. The van der Waals surface area contributed by atoms with E-state index in [0.717, 1.165) is 0 Å². The van der Waals surface area contributed by atoms with Crippen molar-refractivity contribution in [1.82, 2.24) is 29.9 Å². The number of fused-ring (bicyclic) bond motifs is 2. The summed E-state index contributed by atoms with van der Waals surface area (Å²) in [7, 11) is 0. The van der Waals surface area contributed by atoms with Crippen molar-refractivity contribution in [3.63, 3.8) is 0 Å². The number of hydrogen-bond donors (Lipinski definition) is 6. The van der Waals surface area contributed by atoms with Crippen LogP contribution in [0, 0.1) is 10.8 Å². The fourth-order valence-electron chi connectivity index (χ4n) is 2.70. The molecule has 0 aromatic carbocycles. The molecule has 4 aromatic rings. The van der Waals surface area contributed by atoms with E-state index in [1.807, 2.05) is 0 Å². The number of aromatic nitrogens is 6. The van der Waals surface area contributed by atoms with Gasteiger partial charge in [-0.1, -0.05) is 41.5 Å². The van der Waals surface area contributed by atoms with Gasteiger partial charge in [0.05, 0.1) is 19.8 Å². The average molecular weight is 626 g/mol. The summed E-state index contributed by atoms with van der Waals surface area (Å²) in [6.45, 7) is 10.7. The lowest BCUT2D eigenvalue weighted by Crippen LogP contribution is -2.29. The van der Waals surface area contributed by atoms with Crippen molar-refractivity contribution in [3.8, 4) is 0 Å². The van der Waals surface area contributed by atoms with Crippen LogP contribution in [-0.2, 0) is 9.59 Å². The smallest absolute Gasteiger partial charge is 0.262 e. The Labute approximate surface area is 221 Å². The van der Waals surface area contributed by atoms with Gasteiger partial charge in [0.2, 0.25) is 23.7 Å². The number of anilines is 2. The third-order valence-electron chi connectivity index (χ3n) is 4.78. The van der Waals surface area contributed by atoms with Crippen LogP contribution in [0.15, 0.2) is 30.9 Å². The predicted octanol–water partition coefficient (Wildman–Crippen LogP) is 4.00. The van der Waals surface area contributed by atoms with Crippen LogP contribution in [0.3, 0.4) is 0 Å². The molecule has 0 aliphatic rings. The molecule has 0 atom stereocenters. The van der Waals surface area contributed by atoms with E-state index in [4.69, 9.17) is 0 Å². The van der Waals surface area contributed by atoms with Crippen molar-refractivity contribution in [2.45, 2.75) is 41.5 Å². The standard InChI is InChI=1S/2C11H13BrN4O2/c1-11(2,3)9(18)16-10-14-7-6(8(17)15-10)5(12)4-13-7;1-11(2,3)9(18)16-10-14-7-5(8(17)15-10)4-6(12)13-7/h2*4H,1-3H3,(H3,13,14,15,16,17,18). The number of nitrogens with one attached hydrogen (secondary N) is 6. The molecule has 0 radical (unpaired) electrons. The van der Waals surface area contributed by atoms with E-state index in [2.05, 4.69) is 72.4 Å². The summed E-state index contributed by atoms with van der Waals surface area (Å²) in [6, 6.07) is 1.64. The fraction of sp³-hybridized carbons (Fsp3) is 0.364. The first-order valence-corrected chi connectivity index (χ1v) is 12.3. The van der Waals surface area contributed by atoms with Crippen LogP contribution in [0.5, 0.6) is 0 Å². The number of carbonyl (C=O) groups is 2. The zero-order valence-electron chi connectivity index (χ0n) is 20.4. The Morgan fingerprint density at radius 2 is 1.31 bits per heavy atom. The summed E-state index contributed by atoms with van der Waals surface area (Å²) in [6.07, 6.45) is 1.63. The average Bonchev–Trinajstić information content (AvgIpc) is 3.29. The first-order valence-electron chi connectivity index (χ1n) is 10.7. The van der Waals surface area contributed by atoms with Gasteiger partial charge >= 0.3 is 0 Å². The highest BCUT2D eigenvalue weighted by molar-refractivity contribution is 9.10. The number of hydrogen-bond acceptors (Lipinski definition) is 6. The summed E-state index contributed by atoms with van der Waals surface area (Å²) >= 11 is 6.48. The van der Waals surface area contributed by atoms with Crippen LogP contribution in [0.25, 0.3) is 22.1 Å².